The molecular weight excluding hydrogens is 414 g/mol. The maximum Gasteiger partial charge on any atom is 0.269 e. The second-order valence-corrected chi connectivity index (χ2v) is 8.35. The molecule has 0 saturated heterocycles. The summed E-state index contributed by atoms with van der Waals surface area (Å²) in [5.74, 6) is -0.288. The number of rotatable bonds is 4. The number of thiazole rings is 1. The van der Waals surface area contributed by atoms with Crippen LogP contribution in [0, 0.1) is 0 Å². The van der Waals surface area contributed by atoms with Crippen molar-refractivity contribution in [3.05, 3.63) is 77.2 Å². The Labute approximate surface area is 180 Å². The average molecular weight is 430 g/mol. The van der Waals surface area contributed by atoms with Gasteiger partial charge in [-0.2, -0.15) is 0 Å². The zero-order valence-corrected chi connectivity index (χ0v) is 17.2. The van der Waals surface area contributed by atoms with Gasteiger partial charge in [0.25, 0.3) is 5.91 Å². The molecular formula is C22H15N5OS2. The number of nitrogens with zero attached hydrogens (tertiary/aromatic N) is 3. The molecule has 30 heavy (non-hydrogen) atoms. The van der Waals surface area contributed by atoms with Crippen LogP contribution in [-0.2, 0) is 0 Å². The standard InChI is InChI=1S/C22H15N5OS2/c23-18-15-8-9-16(13-5-2-1-3-6-13)25-21(15)30-19(18)20(28)27-22-26-17(12-29-22)14-7-4-10-24-11-14/h1-12H,23H2,(H,26,27,28). The molecule has 5 aromatic rings. The van der Waals surface area contributed by atoms with Gasteiger partial charge in [-0.15, -0.1) is 22.7 Å². The molecule has 6 nitrogen and oxygen atoms in total. The SMILES string of the molecule is Nc1c(C(=O)Nc2nc(-c3cccnc3)cs2)sc2nc(-c3ccccc3)ccc12. The molecule has 3 N–H and O–H groups in total. The van der Waals surface area contributed by atoms with Crippen LogP contribution in [-0.4, -0.2) is 20.9 Å². The Morgan fingerprint density at radius 2 is 1.77 bits per heavy atom. The van der Waals surface area contributed by atoms with Crippen LogP contribution in [0.15, 0.2) is 72.4 Å². The van der Waals surface area contributed by atoms with Crippen LogP contribution in [0.5, 0.6) is 0 Å². The molecule has 0 saturated carbocycles. The predicted octanol–water partition coefficient (Wildman–Crippen LogP) is 5.32. The molecule has 0 bridgehead atoms. The fourth-order valence-electron chi connectivity index (χ4n) is 3.07. The number of nitrogens with one attached hydrogen (secondary N) is 1. The topological polar surface area (TPSA) is 93.8 Å². The largest absolute Gasteiger partial charge is 0.397 e. The van der Waals surface area contributed by atoms with E-state index >= 15 is 0 Å². The minimum absolute atomic E-state index is 0.288. The maximum absolute atomic E-state index is 12.9. The Morgan fingerprint density at radius 1 is 0.933 bits per heavy atom. The van der Waals surface area contributed by atoms with Gasteiger partial charge in [0.15, 0.2) is 5.13 Å². The molecule has 5 rings (SSSR count). The van der Waals surface area contributed by atoms with E-state index in [2.05, 4.69) is 15.3 Å². The number of fused-ring (bicyclic) bond motifs is 1. The van der Waals surface area contributed by atoms with Crippen molar-refractivity contribution in [3.63, 3.8) is 0 Å². The Bertz CT molecular complexity index is 1350. The van der Waals surface area contributed by atoms with Crippen molar-refractivity contribution in [1.82, 2.24) is 15.0 Å². The van der Waals surface area contributed by atoms with Gasteiger partial charge in [0.05, 0.1) is 17.1 Å². The number of carbonyl (C=O) groups is 1. The van der Waals surface area contributed by atoms with E-state index in [0.29, 0.717) is 15.7 Å². The Balaban J connectivity index is 1.42. The number of hydrogen-bond donors (Lipinski definition) is 2. The van der Waals surface area contributed by atoms with Gasteiger partial charge in [0, 0.05) is 34.3 Å². The zero-order valence-electron chi connectivity index (χ0n) is 15.6. The number of pyridine rings is 2. The molecule has 1 amide bonds. The molecule has 0 spiro atoms. The third-order valence-electron chi connectivity index (χ3n) is 4.55. The molecule has 8 heteroatoms. The first-order valence-corrected chi connectivity index (χ1v) is 10.8. The second-order valence-electron chi connectivity index (χ2n) is 6.49. The van der Waals surface area contributed by atoms with Crippen molar-refractivity contribution >= 4 is 49.6 Å². The number of carbonyl (C=O) groups excluding carboxylic acids is 1. The van der Waals surface area contributed by atoms with E-state index in [1.54, 1.807) is 12.4 Å². The van der Waals surface area contributed by atoms with Crippen molar-refractivity contribution < 1.29 is 4.79 Å². The first-order valence-electron chi connectivity index (χ1n) is 9.11. The smallest absolute Gasteiger partial charge is 0.269 e. The van der Waals surface area contributed by atoms with Gasteiger partial charge in [-0.05, 0) is 24.3 Å². The second kappa shape index (κ2) is 7.66. The quantitative estimate of drug-likeness (QED) is 0.403. The summed E-state index contributed by atoms with van der Waals surface area (Å²) in [4.78, 5) is 27.3. The number of aromatic nitrogens is 3. The molecule has 0 aliphatic rings. The van der Waals surface area contributed by atoms with Gasteiger partial charge in [-0.25, -0.2) is 9.97 Å². The summed E-state index contributed by atoms with van der Waals surface area (Å²) in [6.45, 7) is 0. The monoisotopic (exact) mass is 429 g/mol. The first kappa shape index (κ1) is 18.4. The lowest BCUT2D eigenvalue weighted by Gasteiger charge is -2.01. The fourth-order valence-corrected chi connectivity index (χ4v) is 4.77. The lowest BCUT2D eigenvalue weighted by Crippen LogP contribution is -2.11. The molecule has 0 atom stereocenters. The highest BCUT2D eigenvalue weighted by Crippen LogP contribution is 2.35. The number of benzene rings is 1. The number of hydrogen-bond acceptors (Lipinski definition) is 7. The van der Waals surface area contributed by atoms with Crippen LogP contribution in [0.4, 0.5) is 10.8 Å². The minimum Gasteiger partial charge on any atom is -0.397 e. The third kappa shape index (κ3) is 3.42. The molecule has 4 aromatic heterocycles. The van der Waals surface area contributed by atoms with E-state index in [4.69, 9.17) is 10.7 Å². The van der Waals surface area contributed by atoms with E-state index in [1.165, 1.54) is 22.7 Å². The van der Waals surface area contributed by atoms with E-state index in [1.807, 2.05) is 60.0 Å². The van der Waals surface area contributed by atoms with E-state index in [0.717, 1.165) is 32.7 Å². The molecule has 4 heterocycles. The van der Waals surface area contributed by atoms with Crippen LogP contribution in [0.2, 0.25) is 0 Å². The molecule has 0 fully saturated rings. The fraction of sp³-hybridized carbons (Fsp3) is 0. The molecule has 0 unspecified atom stereocenters. The van der Waals surface area contributed by atoms with Gasteiger partial charge >= 0.3 is 0 Å². The van der Waals surface area contributed by atoms with Crippen molar-refractivity contribution in [3.8, 4) is 22.5 Å². The number of nitrogen functional groups attached to an aromatic ring is 1. The zero-order chi connectivity index (χ0) is 20.5. The van der Waals surface area contributed by atoms with Crippen LogP contribution in [0.1, 0.15) is 9.67 Å². The summed E-state index contributed by atoms with van der Waals surface area (Å²) in [5, 5.41) is 6.02. The van der Waals surface area contributed by atoms with Crippen molar-refractivity contribution in [2.45, 2.75) is 0 Å². The predicted molar refractivity (Wildman–Crippen MR) is 123 cm³/mol. The summed E-state index contributed by atoms with van der Waals surface area (Å²) >= 11 is 2.64. The lowest BCUT2D eigenvalue weighted by molar-refractivity contribution is 0.103. The highest BCUT2D eigenvalue weighted by Gasteiger charge is 2.19. The number of thiophene rings is 1. The summed E-state index contributed by atoms with van der Waals surface area (Å²) in [5.41, 5.74) is 10.2. The average Bonchev–Trinajstić information content (AvgIpc) is 3.39. The van der Waals surface area contributed by atoms with Gasteiger partial charge < -0.3 is 5.73 Å². The minimum atomic E-state index is -0.288. The van der Waals surface area contributed by atoms with E-state index in [-0.39, 0.29) is 5.91 Å². The molecule has 0 aliphatic heterocycles. The van der Waals surface area contributed by atoms with Crippen LogP contribution < -0.4 is 11.1 Å². The van der Waals surface area contributed by atoms with E-state index in [9.17, 15) is 4.79 Å². The number of nitrogens with two attached hydrogens (primary N) is 1. The first-order chi connectivity index (χ1) is 14.7. The van der Waals surface area contributed by atoms with Crippen LogP contribution in [0.25, 0.3) is 32.7 Å². The van der Waals surface area contributed by atoms with Gasteiger partial charge in [0.2, 0.25) is 0 Å². The molecule has 1 aromatic carbocycles. The molecule has 0 aliphatic carbocycles. The molecule has 146 valence electrons. The third-order valence-corrected chi connectivity index (χ3v) is 6.42. The van der Waals surface area contributed by atoms with Crippen LogP contribution >= 0.6 is 22.7 Å². The van der Waals surface area contributed by atoms with E-state index < -0.39 is 0 Å². The van der Waals surface area contributed by atoms with Crippen molar-refractivity contribution in [2.75, 3.05) is 11.1 Å². The summed E-state index contributed by atoms with van der Waals surface area (Å²) < 4.78 is 0. The number of anilines is 2. The summed E-state index contributed by atoms with van der Waals surface area (Å²) in [6.07, 6.45) is 3.45. The van der Waals surface area contributed by atoms with Gasteiger partial charge in [-0.1, -0.05) is 30.3 Å². The Kier molecular flexibility index (Phi) is 4.70. The highest BCUT2D eigenvalue weighted by atomic mass is 32.1. The summed E-state index contributed by atoms with van der Waals surface area (Å²) in [6, 6.07) is 17.5. The van der Waals surface area contributed by atoms with Crippen LogP contribution in [0.3, 0.4) is 0 Å². The van der Waals surface area contributed by atoms with Crippen molar-refractivity contribution in [1.29, 1.82) is 0 Å². The van der Waals surface area contributed by atoms with Crippen molar-refractivity contribution in [2.24, 2.45) is 0 Å². The maximum atomic E-state index is 12.9. The molecule has 0 radical (unpaired) electrons. The lowest BCUT2D eigenvalue weighted by atomic mass is 10.1. The number of amides is 1. The Morgan fingerprint density at radius 3 is 2.57 bits per heavy atom. The van der Waals surface area contributed by atoms with Gasteiger partial charge in [0.1, 0.15) is 9.71 Å². The summed E-state index contributed by atoms with van der Waals surface area (Å²) in [7, 11) is 0. The normalized spacial score (nSPS) is 10.9. The highest BCUT2D eigenvalue weighted by molar-refractivity contribution is 7.21. The Hall–Kier alpha value is -3.62. The van der Waals surface area contributed by atoms with Gasteiger partial charge in [-0.3, -0.25) is 15.1 Å².